The topological polar surface area (TPSA) is 33.3 Å². The second-order valence-electron chi connectivity index (χ2n) is 5.55. The van der Waals surface area contributed by atoms with Gasteiger partial charge in [0.1, 0.15) is 5.75 Å². The summed E-state index contributed by atoms with van der Waals surface area (Å²) in [5.41, 5.74) is 2.72. The highest BCUT2D eigenvalue weighted by Crippen LogP contribution is 2.39. The fraction of sp³-hybridized carbons (Fsp3) is 0.600. The first-order chi connectivity index (χ1) is 8.81. The lowest BCUT2D eigenvalue weighted by atomic mass is 9.79. The van der Waals surface area contributed by atoms with E-state index in [2.05, 4.69) is 22.8 Å². The zero-order valence-electron chi connectivity index (χ0n) is 11.1. The van der Waals surface area contributed by atoms with Crippen LogP contribution in [-0.2, 0) is 0 Å². The fourth-order valence-electron chi connectivity index (χ4n) is 3.30. The van der Waals surface area contributed by atoms with E-state index in [1.165, 1.54) is 49.9 Å². The summed E-state index contributed by atoms with van der Waals surface area (Å²) in [5, 5.41) is 7.34. The minimum atomic E-state index is 0.308. The lowest BCUT2D eigenvalue weighted by molar-refractivity contribution is 0.313. The van der Waals surface area contributed by atoms with Crippen LogP contribution < -0.4 is 15.4 Å². The van der Waals surface area contributed by atoms with Crippen LogP contribution in [0.5, 0.6) is 5.75 Å². The van der Waals surface area contributed by atoms with Crippen LogP contribution in [0.25, 0.3) is 0 Å². The predicted octanol–water partition coefficient (Wildman–Crippen LogP) is 3.63. The minimum Gasteiger partial charge on any atom is -0.497 e. The molecular weight excluding hydrogens is 224 g/mol. The van der Waals surface area contributed by atoms with Gasteiger partial charge in [0, 0.05) is 18.2 Å². The van der Waals surface area contributed by atoms with E-state index >= 15 is 0 Å². The average Bonchev–Trinajstić information content (AvgIpc) is 2.57. The summed E-state index contributed by atoms with van der Waals surface area (Å²) >= 11 is 0. The number of anilines is 2. The SMILES string of the molecule is COc1ccc2c(c1)NC1(CCCCC1)CCN2. The second-order valence-corrected chi connectivity index (χ2v) is 5.55. The van der Waals surface area contributed by atoms with Crippen molar-refractivity contribution in [2.24, 2.45) is 0 Å². The molecule has 0 amide bonds. The molecule has 1 aromatic rings. The third-order valence-electron chi connectivity index (χ3n) is 4.36. The molecule has 1 aliphatic carbocycles. The Bertz CT molecular complexity index is 425. The number of ether oxygens (including phenoxy) is 1. The Balaban J connectivity index is 1.90. The van der Waals surface area contributed by atoms with Crippen molar-refractivity contribution in [2.75, 3.05) is 24.3 Å². The van der Waals surface area contributed by atoms with E-state index in [4.69, 9.17) is 4.74 Å². The van der Waals surface area contributed by atoms with Crippen LogP contribution >= 0.6 is 0 Å². The van der Waals surface area contributed by atoms with Gasteiger partial charge in [-0.1, -0.05) is 19.3 Å². The van der Waals surface area contributed by atoms with Crippen molar-refractivity contribution in [3.8, 4) is 5.75 Å². The molecule has 1 spiro atoms. The summed E-state index contributed by atoms with van der Waals surface area (Å²) in [6.45, 7) is 1.06. The molecule has 1 fully saturated rings. The van der Waals surface area contributed by atoms with Crippen LogP contribution in [0.2, 0.25) is 0 Å². The first-order valence-corrected chi connectivity index (χ1v) is 7.01. The molecule has 0 aromatic heterocycles. The first kappa shape index (κ1) is 11.7. The van der Waals surface area contributed by atoms with Crippen molar-refractivity contribution in [2.45, 2.75) is 44.1 Å². The Labute approximate surface area is 109 Å². The van der Waals surface area contributed by atoms with E-state index in [0.717, 1.165) is 12.3 Å². The van der Waals surface area contributed by atoms with Crippen LogP contribution in [0.1, 0.15) is 38.5 Å². The molecule has 3 heteroatoms. The van der Waals surface area contributed by atoms with Crippen LogP contribution in [0, 0.1) is 0 Å². The number of hydrogen-bond donors (Lipinski definition) is 2. The molecular formula is C15H22N2O. The highest BCUT2D eigenvalue weighted by Gasteiger charge is 2.33. The van der Waals surface area contributed by atoms with Gasteiger partial charge in [0.2, 0.25) is 0 Å². The molecule has 1 aromatic carbocycles. The molecule has 2 N–H and O–H groups in total. The molecule has 18 heavy (non-hydrogen) atoms. The van der Waals surface area contributed by atoms with Crippen molar-refractivity contribution in [1.29, 1.82) is 0 Å². The molecule has 2 aliphatic rings. The summed E-state index contributed by atoms with van der Waals surface area (Å²) < 4.78 is 5.33. The number of rotatable bonds is 1. The largest absolute Gasteiger partial charge is 0.497 e. The number of methoxy groups -OCH3 is 1. The molecule has 1 aliphatic heterocycles. The quantitative estimate of drug-likeness (QED) is 0.794. The molecule has 3 nitrogen and oxygen atoms in total. The second kappa shape index (κ2) is 4.71. The van der Waals surface area contributed by atoms with Gasteiger partial charge in [0.25, 0.3) is 0 Å². The van der Waals surface area contributed by atoms with Crippen LogP contribution in [0.3, 0.4) is 0 Å². The zero-order valence-corrected chi connectivity index (χ0v) is 11.1. The van der Waals surface area contributed by atoms with Gasteiger partial charge < -0.3 is 15.4 Å². The van der Waals surface area contributed by atoms with E-state index in [-0.39, 0.29) is 0 Å². The average molecular weight is 246 g/mol. The monoisotopic (exact) mass is 246 g/mol. The van der Waals surface area contributed by atoms with E-state index in [0.29, 0.717) is 5.54 Å². The number of hydrogen-bond acceptors (Lipinski definition) is 3. The Morgan fingerprint density at radius 3 is 2.67 bits per heavy atom. The smallest absolute Gasteiger partial charge is 0.121 e. The van der Waals surface area contributed by atoms with E-state index < -0.39 is 0 Å². The third-order valence-corrected chi connectivity index (χ3v) is 4.36. The fourth-order valence-corrected chi connectivity index (χ4v) is 3.30. The summed E-state index contributed by atoms with van der Waals surface area (Å²) in [4.78, 5) is 0. The van der Waals surface area contributed by atoms with Crippen molar-refractivity contribution in [3.05, 3.63) is 18.2 Å². The standard InChI is InChI=1S/C15H22N2O/c1-18-12-5-6-13-14(11-12)17-15(9-10-16-13)7-3-2-4-8-15/h5-6,11,16-17H,2-4,7-10H2,1H3. The number of benzene rings is 1. The van der Waals surface area contributed by atoms with Crippen LogP contribution in [0.4, 0.5) is 11.4 Å². The summed E-state index contributed by atoms with van der Waals surface area (Å²) in [7, 11) is 1.72. The number of fused-ring (bicyclic) bond motifs is 1. The Kier molecular flexibility index (Phi) is 3.06. The molecule has 0 unspecified atom stereocenters. The van der Waals surface area contributed by atoms with Gasteiger partial charge >= 0.3 is 0 Å². The molecule has 0 saturated heterocycles. The zero-order chi connectivity index (χ0) is 12.4. The maximum atomic E-state index is 5.33. The van der Waals surface area contributed by atoms with E-state index in [9.17, 15) is 0 Å². The molecule has 98 valence electrons. The lowest BCUT2D eigenvalue weighted by Gasteiger charge is -2.38. The van der Waals surface area contributed by atoms with Crippen molar-refractivity contribution in [3.63, 3.8) is 0 Å². The minimum absolute atomic E-state index is 0.308. The summed E-state index contributed by atoms with van der Waals surface area (Å²) in [6.07, 6.45) is 7.90. The van der Waals surface area contributed by atoms with Crippen molar-refractivity contribution in [1.82, 2.24) is 0 Å². The third kappa shape index (κ3) is 2.14. The Hall–Kier alpha value is -1.38. The molecule has 0 radical (unpaired) electrons. The molecule has 0 bridgehead atoms. The predicted molar refractivity (Wildman–Crippen MR) is 75.5 cm³/mol. The molecule has 3 rings (SSSR count). The maximum Gasteiger partial charge on any atom is 0.121 e. The highest BCUT2D eigenvalue weighted by molar-refractivity contribution is 5.72. The van der Waals surface area contributed by atoms with Gasteiger partial charge in [0.15, 0.2) is 0 Å². The Morgan fingerprint density at radius 2 is 1.89 bits per heavy atom. The van der Waals surface area contributed by atoms with Crippen molar-refractivity contribution >= 4 is 11.4 Å². The van der Waals surface area contributed by atoms with E-state index in [1.54, 1.807) is 7.11 Å². The van der Waals surface area contributed by atoms with Gasteiger partial charge in [-0.05, 0) is 31.4 Å². The van der Waals surface area contributed by atoms with Gasteiger partial charge in [-0.25, -0.2) is 0 Å². The maximum absolute atomic E-state index is 5.33. The first-order valence-electron chi connectivity index (χ1n) is 7.01. The van der Waals surface area contributed by atoms with E-state index in [1.807, 2.05) is 6.07 Å². The molecule has 1 saturated carbocycles. The van der Waals surface area contributed by atoms with Crippen LogP contribution in [0.15, 0.2) is 18.2 Å². The Morgan fingerprint density at radius 1 is 1.06 bits per heavy atom. The van der Waals surface area contributed by atoms with Gasteiger partial charge in [0.05, 0.1) is 18.5 Å². The van der Waals surface area contributed by atoms with Gasteiger partial charge in [-0.2, -0.15) is 0 Å². The summed E-state index contributed by atoms with van der Waals surface area (Å²) in [5.74, 6) is 0.927. The van der Waals surface area contributed by atoms with Gasteiger partial charge in [-0.15, -0.1) is 0 Å². The highest BCUT2D eigenvalue weighted by atomic mass is 16.5. The lowest BCUT2D eigenvalue weighted by Crippen LogP contribution is -2.40. The van der Waals surface area contributed by atoms with Crippen molar-refractivity contribution < 1.29 is 4.74 Å². The van der Waals surface area contributed by atoms with Gasteiger partial charge in [-0.3, -0.25) is 0 Å². The molecule has 0 atom stereocenters. The molecule has 1 heterocycles. The summed E-state index contributed by atoms with van der Waals surface area (Å²) in [6, 6.07) is 6.25. The van der Waals surface area contributed by atoms with Crippen LogP contribution in [-0.4, -0.2) is 19.2 Å². The number of nitrogens with one attached hydrogen (secondary N) is 2. The normalized spacial score (nSPS) is 21.4.